The van der Waals surface area contributed by atoms with Crippen molar-refractivity contribution in [2.75, 3.05) is 6.54 Å². The second-order valence-corrected chi connectivity index (χ2v) is 4.36. The van der Waals surface area contributed by atoms with E-state index in [2.05, 4.69) is 5.32 Å². The number of nitrogens with one attached hydrogen (secondary N) is 1. The fourth-order valence-corrected chi connectivity index (χ4v) is 1.52. The van der Waals surface area contributed by atoms with Crippen molar-refractivity contribution in [1.82, 2.24) is 5.32 Å². The van der Waals surface area contributed by atoms with Crippen molar-refractivity contribution < 1.29 is 9.90 Å². The van der Waals surface area contributed by atoms with Crippen LogP contribution in [0.25, 0.3) is 0 Å². The van der Waals surface area contributed by atoms with Gasteiger partial charge in [-0.1, -0.05) is 0 Å². The second-order valence-electron chi connectivity index (χ2n) is 4.36. The summed E-state index contributed by atoms with van der Waals surface area (Å²) < 4.78 is 0. The maximum Gasteiger partial charge on any atom is 0.220 e. The van der Waals surface area contributed by atoms with E-state index in [1.165, 1.54) is 12.8 Å². The molecule has 2 saturated carbocycles. The monoisotopic (exact) mass is 183 g/mol. The van der Waals surface area contributed by atoms with Crippen molar-refractivity contribution in [1.29, 1.82) is 0 Å². The van der Waals surface area contributed by atoms with Gasteiger partial charge in [0.05, 0.1) is 6.10 Å². The first kappa shape index (κ1) is 9.00. The second kappa shape index (κ2) is 3.66. The molecule has 0 spiro atoms. The fourth-order valence-electron chi connectivity index (χ4n) is 1.52. The van der Waals surface area contributed by atoms with E-state index in [1.807, 2.05) is 0 Å². The number of carbonyl (C=O) groups is 1. The molecule has 2 N–H and O–H groups in total. The van der Waals surface area contributed by atoms with Crippen LogP contribution in [0.15, 0.2) is 0 Å². The molecule has 1 atom stereocenters. The van der Waals surface area contributed by atoms with Gasteiger partial charge < -0.3 is 10.4 Å². The summed E-state index contributed by atoms with van der Waals surface area (Å²) in [6.07, 6.45) is 5.02. The molecule has 0 aromatic heterocycles. The first-order valence-electron chi connectivity index (χ1n) is 5.20. The molecule has 0 aromatic carbocycles. The molecule has 3 heteroatoms. The van der Waals surface area contributed by atoms with Crippen molar-refractivity contribution in [2.24, 2.45) is 11.8 Å². The molecule has 0 heterocycles. The maximum absolute atomic E-state index is 11.2. The molecule has 74 valence electrons. The van der Waals surface area contributed by atoms with Crippen LogP contribution < -0.4 is 5.32 Å². The van der Waals surface area contributed by atoms with Gasteiger partial charge in [-0.05, 0) is 37.5 Å². The van der Waals surface area contributed by atoms with Gasteiger partial charge in [0.2, 0.25) is 5.91 Å². The number of hydrogen-bond acceptors (Lipinski definition) is 2. The topological polar surface area (TPSA) is 49.3 Å². The maximum atomic E-state index is 11.2. The Morgan fingerprint density at radius 1 is 1.38 bits per heavy atom. The van der Waals surface area contributed by atoms with E-state index in [4.69, 9.17) is 0 Å². The quantitative estimate of drug-likeness (QED) is 0.658. The van der Waals surface area contributed by atoms with Crippen LogP contribution in [0.5, 0.6) is 0 Å². The Morgan fingerprint density at radius 2 is 2.08 bits per heavy atom. The number of carbonyl (C=O) groups excluding carboxylic acids is 1. The predicted octanol–water partition coefficient (Wildman–Crippen LogP) is 0.674. The molecule has 1 unspecified atom stereocenters. The SMILES string of the molecule is O=C(CC1CC1)NCC(O)C1CC1. The lowest BCUT2D eigenvalue weighted by molar-refractivity contribution is -0.121. The number of hydrogen-bond donors (Lipinski definition) is 2. The van der Waals surface area contributed by atoms with Crippen molar-refractivity contribution in [3.63, 3.8) is 0 Å². The summed E-state index contributed by atoms with van der Waals surface area (Å²) in [6, 6.07) is 0. The van der Waals surface area contributed by atoms with Crippen molar-refractivity contribution in [2.45, 2.75) is 38.2 Å². The normalized spacial score (nSPS) is 24.1. The van der Waals surface area contributed by atoms with Crippen LogP contribution in [-0.2, 0) is 4.79 Å². The zero-order chi connectivity index (χ0) is 9.26. The largest absolute Gasteiger partial charge is 0.391 e. The Bertz CT molecular complexity index is 197. The van der Waals surface area contributed by atoms with Crippen molar-refractivity contribution in [3.05, 3.63) is 0 Å². The molecule has 2 rings (SSSR count). The first-order chi connectivity index (χ1) is 6.25. The lowest BCUT2D eigenvalue weighted by atomic mass is 10.2. The molecule has 1 amide bonds. The van der Waals surface area contributed by atoms with Crippen LogP contribution in [0, 0.1) is 11.8 Å². The van der Waals surface area contributed by atoms with Crippen LogP contribution in [0.4, 0.5) is 0 Å². The molecular formula is C10H17NO2. The van der Waals surface area contributed by atoms with E-state index in [0.29, 0.717) is 24.8 Å². The molecule has 0 aromatic rings. The minimum Gasteiger partial charge on any atom is -0.391 e. The van der Waals surface area contributed by atoms with Crippen LogP contribution in [-0.4, -0.2) is 23.7 Å². The predicted molar refractivity (Wildman–Crippen MR) is 49.1 cm³/mol. The summed E-state index contributed by atoms with van der Waals surface area (Å²) >= 11 is 0. The van der Waals surface area contributed by atoms with Gasteiger partial charge in [0.15, 0.2) is 0 Å². The van der Waals surface area contributed by atoms with Gasteiger partial charge in [0.1, 0.15) is 0 Å². The highest BCUT2D eigenvalue weighted by molar-refractivity contribution is 5.76. The number of rotatable bonds is 5. The highest BCUT2D eigenvalue weighted by Gasteiger charge is 2.30. The highest BCUT2D eigenvalue weighted by Crippen LogP contribution is 2.33. The van der Waals surface area contributed by atoms with E-state index in [0.717, 1.165) is 12.8 Å². The Labute approximate surface area is 78.5 Å². The van der Waals surface area contributed by atoms with E-state index < -0.39 is 0 Å². The number of aliphatic hydroxyl groups is 1. The molecule has 0 saturated heterocycles. The number of aliphatic hydroxyl groups excluding tert-OH is 1. The Kier molecular flexibility index (Phi) is 2.54. The summed E-state index contributed by atoms with van der Waals surface area (Å²) in [5.74, 6) is 1.21. The van der Waals surface area contributed by atoms with Gasteiger partial charge in [-0.2, -0.15) is 0 Å². The van der Waals surface area contributed by atoms with Gasteiger partial charge in [0, 0.05) is 13.0 Å². The van der Waals surface area contributed by atoms with E-state index in [1.54, 1.807) is 0 Å². The minimum atomic E-state index is -0.303. The highest BCUT2D eigenvalue weighted by atomic mass is 16.3. The fraction of sp³-hybridized carbons (Fsp3) is 0.900. The summed E-state index contributed by atoms with van der Waals surface area (Å²) in [6.45, 7) is 0.455. The van der Waals surface area contributed by atoms with Crippen LogP contribution >= 0.6 is 0 Å². The zero-order valence-electron chi connectivity index (χ0n) is 7.83. The van der Waals surface area contributed by atoms with E-state index >= 15 is 0 Å². The van der Waals surface area contributed by atoms with E-state index in [-0.39, 0.29) is 12.0 Å². The average Bonchev–Trinajstić information content (AvgIpc) is 2.90. The molecular weight excluding hydrogens is 166 g/mol. The molecule has 0 bridgehead atoms. The van der Waals surface area contributed by atoms with Crippen LogP contribution in [0.3, 0.4) is 0 Å². The molecule has 2 aliphatic carbocycles. The molecule has 0 radical (unpaired) electrons. The van der Waals surface area contributed by atoms with E-state index in [9.17, 15) is 9.90 Å². The third-order valence-corrected chi connectivity index (χ3v) is 2.85. The lowest BCUT2D eigenvalue weighted by Gasteiger charge is -2.09. The molecule has 2 aliphatic rings. The van der Waals surface area contributed by atoms with Gasteiger partial charge >= 0.3 is 0 Å². The first-order valence-corrected chi connectivity index (χ1v) is 5.20. The Morgan fingerprint density at radius 3 is 2.62 bits per heavy atom. The zero-order valence-corrected chi connectivity index (χ0v) is 7.83. The summed E-state index contributed by atoms with van der Waals surface area (Å²) in [4.78, 5) is 11.2. The third-order valence-electron chi connectivity index (χ3n) is 2.85. The van der Waals surface area contributed by atoms with Gasteiger partial charge in [0.25, 0.3) is 0 Å². The van der Waals surface area contributed by atoms with Crippen molar-refractivity contribution in [3.8, 4) is 0 Å². The third kappa shape index (κ3) is 2.99. The smallest absolute Gasteiger partial charge is 0.220 e. The minimum absolute atomic E-state index is 0.113. The Balaban J connectivity index is 1.57. The Hall–Kier alpha value is -0.570. The van der Waals surface area contributed by atoms with Gasteiger partial charge in [-0.25, -0.2) is 0 Å². The summed E-state index contributed by atoms with van der Waals surface area (Å²) in [5, 5.41) is 12.3. The number of amides is 1. The van der Waals surface area contributed by atoms with Crippen molar-refractivity contribution >= 4 is 5.91 Å². The standard InChI is InChI=1S/C10H17NO2/c12-9(8-3-4-8)6-11-10(13)5-7-1-2-7/h7-9,12H,1-6H2,(H,11,13). The molecule has 13 heavy (non-hydrogen) atoms. The van der Waals surface area contributed by atoms with Crippen LogP contribution in [0.2, 0.25) is 0 Å². The summed E-state index contributed by atoms with van der Waals surface area (Å²) in [5.41, 5.74) is 0. The van der Waals surface area contributed by atoms with Crippen LogP contribution in [0.1, 0.15) is 32.1 Å². The van der Waals surface area contributed by atoms with Gasteiger partial charge in [-0.3, -0.25) is 4.79 Å². The lowest BCUT2D eigenvalue weighted by Crippen LogP contribution is -2.33. The molecule has 0 aliphatic heterocycles. The molecule has 3 nitrogen and oxygen atoms in total. The molecule has 2 fully saturated rings. The average molecular weight is 183 g/mol. The summed E-state index contributed by atoms with van der Waals surface area (Å²) in [7, 11) is 0. The van der Waals surface area contributed by atoms with Gasteiger partial charge in [-0.15, -0.1) is 0 Å².